The number of nitrogens with one attached hydrogen (secondary N) is 1. The Labute approximate surface area is 348 Å². The van der Waals surface area contributed by atoms with Crippen molar-refractivity contribution in [3.05, 3.63) is 93.9 Å². The Kier molecular flexibility index (Phi) is 16.8. The van der Waals surface area contributed by atoms with Crippen LogP contribution in [0.4, 0.5) is 11.4 Å². The minimum atomic E-state index is -0.609. The molecule has 2 atom stereocenters. The van der Waals surface area contributed by atoms with E-state index in [-0.39, 0.29) is 12.3 Å². The van der Waals surface area contributed by atoms with Gasteiger partial charge in [0.15, 0.2) is 0 Å². The molecule has 2 aliphatic rings. The molecule has 2 aromatic carbocycles. The molecule has 1 aromatic heterocycles. The summed E-state index contributed by atoms with van der Waals surface area (Å²) in [5.41, 5.74) is 19.8. The molecular weight excluding hydrogens is 745 g/mol. The number of aromatic nitrogens is 1. The summed E-state index contributed by atoms with van der Waals surface area (Å²) in [5.74, 6) is 7.17. The third kappa shape index (κ3) is 12.3. The zero-order valence-corrected chi connectivity index (χ0v) is 34.6. The van der Waals surface area contributed by atoms with Gasteiger partial charge in [-0.15, -0.1) is 0 Å². The average molecular weight is 803 g/mol. The van der Waals surface area contributed by atoms with Crippen LogP contribution in [0.15, 0.2) is 59.7 Å². The first-order chi connectivity index (χ1) is 28.7. The van der Waals surface area contributed by atoms with E-state index in [0.29, 0.717) is 59.5 Å². The summed E-state index contributed by atoms with van der Waals surface area (Å²) in [6.45, 7) is 11.4. The van der Waals surface area contributed by atoms with Gasteiger partial charge in [-0.05, 0) is 92.6 Å². The van der Waals surface area contributed by atoms with Gasteiger partial charge in [0.1, 0.15) is 18.9 Å². The standard InChI is InChI=1S/C46H58N8O5/c1-33(10-9-23-59-45(49-3)40(27-47)43-26-36(31-56)24-34(2)51-43)28-50-44-25-35(15-16-42(44)48)29-53-20-18-52(19-21-53)17-6-4-5-11-37-12-7-14-39-41(37)30-54(46(39)58)38(32-57)13-8-22-55/h7,12,14-16,22,24-27,31-33,38,50H,4,6,8-10,13,17-21,23,28-30,47-48H2,1-3H3/t33-,38?/m1/s1. The topological polar surface area (TPSA) is 177 Å². The molecular formula is C46H58N8O5. The second-order valence-corrected chi connectivity index (χ2v) is 15.3. The summed E-state index contributed by atoms with van der Waals surface area (Å²) in [7, 11) is 1.65. The number of aldehydes is 3. The smallest absolute Gasteiger partial charge is 0.255 e. The summed E-state index contributed by atoms with van der Waals surface area (Å²) in [5, 5.41) is 3.57. The van der Waals surface area contributed by atoms with Crippen LogP contribution in [0.2, 0.25) is 0 Å². The lowest BCUT2D eigenvalue weighted by Gasteiger charge is -2.34. The van der Waals surface area contributed by atoms with E-state index in [4.69, 9.17) is 16.2 Å². The number of rotatable bonds is 20. The van der Waals surface area contributed by atoms with Crippen molar-refractivity contribution in [1.29, 1.82) is 0 Å². The van der Waals surface area contributed by atoms with E-state index in [1.165, 1.54) is 11.8 Å². The molecule has 13 nitrogen and oxygen atoms in total. The lowest BCUT2D eigenvalue weighted by molar-refractivity contribution is -0.112. The number of fused-ring (bicyclic) bond motifs is 1. The number of pyridine rings is 1. The van der Waals surface area contributed by atoms with Crippen molar-refractivity contribution in [2.75, 3.05) is 64.0 Å². The van der Waals surface area contributed by atoms with Crippen LogP contribution in [0.25, 0.3) is 5.57 Å². The number of nitrogen functional groups attached to an aromatic ring is 1. The number of amides is 1. The van der Waals surface area contributed by atoms with Crippen LogP contribution in [-0.2, 0) is 27.4 Å². The molecule has 0 spiro atoms. The molecule has 1 fully saturated rings. The van der Waals surface area contributed by atoms with Gasteiger partial charge in [0.25, 0.3) is 5.91 Å². The molecule has 13 heteroatoms. The van der Waals surface area contributed by atoms with Crippen LogP contribution < -0.4 is 16.8 Å². The van der Waals surface area contributed by atoms with Crippen LogP contribution in [0.3, 0.4) is 0 Å². The number of aryl methyl sites for hydroxylation is 1. The van der Waals surface area contributed by atoms with Gasteiger partial charge in [0.05, 0.1) is 35.3 Å². The molecule has 59 heavy (non-hydrogen) atoms. The molecule has 0 aliphatic carbocycles. The molecule has 3 heterocycles. The van der Waals surface area contributed by atoms with Crippen molar-refractivity contribution in [2.45, 2.75) is 71.5 Å². The highest BCUT2D eigenvalue weighted by molar-refractivity contribution is 6.19. The molecule has 312 valence electrons. The van der Waals surface area contributed by atoms with Crippen LogP contribution >= 0.6 is 0 Å². The Morgan fingerprint density at radius 1 is 1.05 bits per heavy atom. The molecule has 1 saturated heterocycles. The molecule has 3 aromatic rings. The van der Waals surface area contributed by atoms with Gasteiger partial charge < -0.3 is 40.9 Å². The average Bonchev–Trinajstić information content (AvgIpc) is 3.58. The molecule has 0 bridgehead atoms. The van der Waals surface area contributed by atoms with E-state index in [9.17, 15) is 19.2 Å². The van der Waals surface area contributed by atoms with E-state index >= 15 is 0 Å². The van der Waals surface area contributed by atoms with E-state index < -0.39 is 6.04 Å². The zero-order valence-electron chi connectivity index (χ0n) is 34.6. The van der Waals surface area contributed by atoms with Crippen molar-refractivity contribution in [1.82, 2.24) is 19.7 Å². The van der Waals surface area contributed by atoms with Gasteiger partial charge in [0.2, 0.25) is 5.90 Å². The third-order valence-electron chi connectivity index (χ3n) is 10.8. The van der Waals surface area contributed by atoms with E-state index in [0.717, 1.165) is 113 Å². The number of carbonyl (C=O) groups excluding carboxylic acids is 4. The first-order valence-electron chi connectivity index (χ1n) is 20.5. The largest absolute Gasteiger partial charge is 0.477 e. The monoisotopic (exact) mass is 802 g/mol. The van der Waals surface area contributed by atoms with Gasteiger partial charge in [-0.1, -0.05) is 30.9 Å². The minimum Gasteiger partial charge on any atom is -0.477 e. The number of hydrogen-bond donors (Lipinski definition) is 3. The highest BCUT2D eigenvalue weighted by Gasteiger charge is 2.33. The third-order valence-corrected chi connectivity index (χ3v) is 10.8. The lowest BCUT2D eigenvalue weighted by atomic mass is 10.0. The summed E-state index contributed by atoms with van der Waals surface area (Å²) >= 11 is 0. The number of anilines is 2. The van der Waals surface area contributed by atoms with E-state index in [1.807, 2.05) is 25.1 Å². The van der Waals surface area contributed by atoms with Gasteiger partial charge in [0, 0.05) is 94.3 Å². The molecule has 0 saturated carbocycles. The summed E-state index contributed by atoms with van der Waals surface area (Å²) in [4.78, 5) is 62.2. The molecule has 1 unspecified atom stereocenters. The maximum absolute atomic E-state index is 13.0. The highest BCUT2D eigenvalue weighted by Crippen LogP contribution is 2.28. The summed E-state index contributed by atoms with van der Waals surface area (Å²) in [6, 6.07) is 14.6. The number of unbranched alkanes of at least 4 members (excludes halogenated alkanes) is 1. The summed E-state index contributed by atoms with van der Waals surface area (Å²) < 4.78 is 6.01. The maximum atomic E-state index is 13.0. The fourth-order valence-electron chi connectivity index (χ4n) is 7.53. The Balaban J connectivity index is 1.00. The first kappa shape index (κ1) is 44.3. The SMILES string of the molecule is CN=C(OCCC[C@@H](C)CNc1cc(CN2CCN(CCCC#Cc3cccc4c3CN(C(C=O)CCC=O)C4=O)CC2)ccc1N)C(=CN)c1cc(C=O)cc(C)n1. The van der Waals surface area contributed by atoms with E-state index in [1.54, 1.807) is 30.1 Å². The number of piperazine rings is 1. The quantitative estimate of drug-likeness (QED) is 0.0346. The Morgan fingerprint density at radius 3 is 2.58 bits per heavy atom. The minimum absolute atomic E-state index is 0.178. The summed E-state index contributed by atoms with van der Waals surface area (Å²) in [6.07, 6.45) is 7.77. The van der Waals surface area contributed by atoms with Gasteiger partial charge in [-0.3, -0.25) is 24.5 Å². The first-order valence-corrected chi connectivity index (χ1v) is 20.5. The second-order valence-electron chi connectivity index (χ2n) is 15.3. The number of nitrogens with zero attached hydrogens (tertiary/aromatic N) is 5. The molecule has 0 radical (unpaired) electrons. The Hall–Kier alpha value is -5.84. The van der Waals surface area contributed by atoms with Crippen LogP contribution in [0, 0.1) is 24.7 Å². The fourth-order valence-corrected chi connectivity index (χ4v) is 7.53. The second kappa shape index (κ2) is 22.3. The number of aliphatic imine (C=N–C) groups is 1. The van der Waals surface area contributed by atoms with Crippen molar-refractivity contribution in [3.63, 3.8) is 0 Å². The normalized spacial score (nSPS) is 15.8. The van der Waals surface area contributed by atoms with Crippen molar-refractivity contribution < 1.29 is 23.9 Å². The van der Waals surface area contributed by atoms with Crippen LogP contribution in [0.1, 0.15) is 94.2 Å². The van der Waals surface area contributed by atoms with Gasteiger partial charge in [-0.2, -0.15) is 0 Å². The fraction of sp³-hybridized carbons (Fsp3) is 0.435. The molecule has 1 amide bonds. The number of carbonyl (C=O) groups is 4. The van der Waals surface area contributed by atoms with Crippen LogP contribution in [0.5, 0.6) is 0 Å². The predicted molar refractivity (Wildman–Crippen MR) is 233 cm³/mol. The Morgan fingerprint density at radius 2 is 1.85 bits per heavy atom. The highest BCUT2D eigenvalue weighted by atomic mass is 16.5. The van der Waals surface area contributed by atoms with Crippen molar-refractivity contribution >= 4 is 47.6 Å². The zero-order chi connectivity index (χ0) is 42.1. The maximum Gasteiger partial charge on any atom is 0.255 e. The number of nitrogens with two attached hydrogens (primary N) is 2. The molecule has 2 aliphatic heterocycles. The number of benzene rings is 2. The molecule has 5 N–H and O–H groups in total. The van der Waals surface area contributed by atoms with Crippen LogP contribution in [-0.4, -0.2) is 109 Å². The number of hydrogen-bond acceptors (Lipinski definition) is 12. The van der Waals surface area contributed by atoms with Gasteiger partial charge in [-0.25, -0.2) is 0 Å². The Bertz CT molecular complexity index is 2060. The van der Waals surface area contributed by atoms with Crippen molar-refractivity contribution in [3.8, 4) is 11.8 Å². The van der Waals surface area contributed by atoms with Gasteiger partial charge >= 0.3 is 0 Å². The predicted octanol–water partition coefficient (Wildman–Crippen LogP) is 5.11. The van der Waals surface area contributed by atoms with Crippen molar-refractivity contribution in [2.24, 2.45) is 16.6 Å². The number of ether oxygens (including phenoxy) is 1. The lowest BCUT2D eigenvalue weighted by Crippen LogP contribution is -2.46. The van der Waals surface area contributed by atoms with E-state index in [2.05, 4.69) is 56.0 Å². The molecule has 5 rings (SSSR count).